The zero-order chi connectivity index (χ0) is 18.0. The van der Waals surface area contributed by atoms with E-state index in [0.29, 0.717) is 5.75 Å². The molecule has 2 aromatic carbocycles. The number of aromatic hydroxyl groups is 1. The van der Waals surface area contributed by atoms with E-state index in [9.17, 15) is 5.11 Å². The molecule has 0 fully saturated rings. The number of ether oxygens (including phenoxy) is 2. The lowest BCUT2D eigenvalue weighted by molar-refractivity contribution is 0.174. The number of rotatable bonds is 4. The van der Waals surface area contributed by atoms with Gasteiger partial charge in [-0.1, -0.05) is 38.1 Å². The molecule has 0 bridgehead atoms. The zero-order valence-electron chi connectivity index (χ0n) is 15.1. The third-order valence-corrected chi connectivity index (χ3v) is 4.53. The van der Waals surface area contributed by atoms with Crippen molar-refractivity contribution in [2.24, 2.45) is 0 Å². The smallest absolute Gasteiger partial charge is 0.231 e. The number of phenols is 1. The van der Waals surface area contributed by atoms with Gasteiger partial charge < -0.3 is 14.6 Å². The fourth-order valence-electron chi connectivity index (χ4n) is 3.19. The Morgan fingerprint density at radius 1 is 1.24 bits per heavy atom. The summed E-state index contributed by atoms with van der Waals surface area (Å²) in [6.45, 7) is 10.5. The summed E-state index contributed by atoms with van der Waals surface area (Å²) in [5.41, 5.74) is 4.03. The summed E-state index contributed by atoms with van der Waals surface area (Å²) in [4.78, 5) is 0. The first kappa shape index (κ1) is 17.2. The highest BCUT2D eigenvalue weighted by atomic mass is 16.7. The fraction of sp³-hybridized carbons (Fsp3) is 0.273. The topological polar surface area (TPSA) is 38.7 Å². The Morgan fingerprint density at radius 2 is 1.96 bits per heavy atom. The molecular formula is C22H24O3. The lowest BCUT2D eigenvalue weighted by atomic mass is 9.95. The van der Waals surface area contributed by atoms with Gasteiger partial charge in [-0.25, -0.2) is 0 Å². The van der Waals surface area contributed by atoms with E-state index in [1.54, 1.807) is 0 Å². The van der Waals surface area contributed by atoms with Gasteiger partial charge in [0, 0.05) is 5.22 Å². The molecule has 3 heteroatoms. The maximum atomic E-state index is 10.3. The highest BCUT2D eigenvalue weighted by Crippen LogP contribution is 2.37. The molecule has 0 saturated carbocycles. The molecular weight excluding hydrogens is 312 g/mol. The second kappa shape index (κ2) is 7.06. The van der Waals surface area contributed by atoms with Gasteiger partial charge >= 0.3 is 0 Å². The largest absolute Gasteiger partial charge is 0.507 e. The normalized spacial score (nSPS) is 14.2. The number of benzene rings is 2. The van der Waals surface area contributed by atoms with Crippen LogP contribution in [0.3, 0.4) is 0 Å². The van der Waals surface area contributed by atoms with Gasteiger partial charge in [0.1, 0.15) is 5.75 Å². The van der Waals surface area contributed by atoms with Gasteiger partial charge in [0.05, 0.1) is 0 Å². The van der Waals surface area contributed by atoms with E-state index in [2.05, 4.69) is 19.6 Å². The van der Waals surface area contributed by atoms with E-state index in [1.165, 1.54) is 5.56 Å². The summed E-state index contributed by atoms with van der Waals surface area (Å²) in [5, 5.41) is 12.1. The monoisotopic (exact) mass is 336 g/mol. The summed E-state index contributed by atoms with van der Waals surface area (Å²) in [7, 11) is 0. The molecule has 25 heavy (non-hydrogen) atoms. The molecule has 0 unspecified atom stereocenters. The predicted molar refractivity (Wildman–Crippen MR) is 102 cm³/mol. The molecule has 1 N–H and O–H groups in total. The minimum absolute atomic E-state index is 0.265. The summed E-state index contributed by atoms with van der Waals surface area (Å²) >= 11 is 0. The van der Waals surface area contributed by atoms with Crippen molar-refractivity contribution in [1.29, 1.82) is 0 Å². The lowest BCUT2D eigenvalue weighted by Crippen LogP contribution is -2.25. The molecule has 1 aliphatic rings. The summed E-state index contributed by atoms with van der Waals surface area (Å²) in [6.07, 6.45) is 5.93. The van der Waals surface area contributed by atoms with Crippen LogP contribution in [0.4, 0.5) is 0 Å². The Bertz CT molecular complexity index is 939. The van der Waals surface area contributed by atoms with Crippen LogP contribution in [-0.2, 0) is 6.42 Å². The van der Waals surface area contributed by atoms with Crippen LogP contribution in [0.5, 0.6) is 17.2 Å². The Labute approximate surface area is 148 Å². The lowest BCUT2D eigenvalue weighted by Gasteiger charge is -2.11. The van der Waals surface area contributed by atoms with Crippen molar-refractivity contribution in [3.63, 3.8) is 0 Å². The van der Waals surface area contributed by atoms with E-state index < -0.39 is 0 Å². The number of phenolic OH excluding ortho intramolecular Hbond substituents is 1. The molecule has 3 nitrogen and oxygen atoms in total. The summed E-state index contributed by atoms with van der Waals surface area (Å²) in [6, 6.07) is 8.01. The number of hydrogen-bond acceptors (Lipinski definition) is 3. The maximum absolute atomic E-state index is 10.3. The fourth-order valence-corrected chi connectivity index (χ4v) is 3.19. The standard InChI is InChI=1S/C22H24O3/c1-5-7-16-11-20-21(25-13-24-20)12-19(16)15(4)10-17-9-8-14(3)22(23)18(17)6-2/h6,8-12,23H,4-5,7,13H2,1-3H3/b17-10-,18-6+. The third-order valence-electron chi connectivity index (χ3n) is 4.53. The number of fused-ring (bicyclic) bond motifs is 1. The van der Waals surface area contributed by atoms with Crippen LogP contribution in [0.2, 0.25) is 0 Å². The van der Waals surface area contributed by atoms with Crippen LogP contribution < -0.4 is 19.9 Å². The Balaban J connectivity index is 2.12. The molecule has 0 atom stereocenters. The van der Waals surface area contributed by atoms with Crippen molar-refractivity contribution in [2.75, 3.05) is 6.79 Å². The Hall–Kier alpha value is -2.68. The molecule has 0 aromatic heterocycles. The van der Waals surface area contributed by atoms with Crippen LogP contribution in [0.1, 0.15) is 37.0 Å². The third kappa shape index (κ3) is 3.27. The van der Waals surface area contributed by atoms with Crippen molar-refractivity contribution >= 4 is 17.7 Å². The van der Waals surface area contributed by atoms with Gasteiger partial charge in [0.15, 0.2) is 11.5 Å². The van der Waals surface area contributed by atoms with Gasteiger partial charge in [-0.2, -0.15) is 0 Å². The highest BCUT2D eigenvalue weighted by molar-refractivity contribution is 5.89. The van der Waals surface area contributed by atoms with Crippen molar-refractivity contribution in [3.05, 3.63) is 58.0 Å². The molecule has 0 amide bonds. The second-order valence-corrected chi connectivity index (χ2v) is 6.30. The molecule has 1 aliphatic heterocycles. The molecule has 0 radical (unpaired) electrons. The minimum Gasteiger partial charge on any atom is -0.507 e. The molecule has 1 heterocycles. The van der Waals surface area contributed by atoms with Gasteiger partial charge in [-0.15, -0.1) is 0 Å². The summed E-state index contributed by atoms with van der Waals surface area (Å²) in [5.74, 6) is 1.89. The van der Waals surface area contributed by atoms with Gasteiger partial charge in [0.25, 0.3) is 0 Å². The average Bonchev–Trinajstić information content (AvgIpc) is 3.05. The van der Waals surface area contributed by atoms with Crippen molar-refractivity contribution in [2.45, 2.75) is 33.6 Å². The quantitative estimate of drug-likeness (QED) is 0.926. The SMILES string of the molecule is C=C(/C=c1/ccc(C)c(O)/c1=C/C)c1cc2c(cc1CCC)OCO2. The Kier molecular flexibility index (Phi) is 4.84. The zero-order valence-corrected chi connectivity index (χ0v) is 15.1. The predicted octanol–water partition coefficient (Wildman–Crippen LogP) is 3.68. The number of aryl methyl sites for hydroxylation is 2. The molecule has 2 aromatic rings. The van der Waals surface area contributed by atoms with Crippen LogP contribution in [-0.4, -0.2) is 11.9 Å². The van der Waals surface area contributed by atoms with Crippen molar-refractivity contribution in [3.8, 4) is 17.2 Å². The van der Waals surface area contributed by atoms with Gasteiger partial charge in [-0.3, -0.25) is 0 Å². The molecule has 130 valence electrons. The van der Waals surface area contributed by atoms with E-state index in [0.717, 1.165) is 51.5 Å². The van der Waals surface area contributed by atoms with Crippen molar-refractivity contribution in [1.82, 2.24) is 0 Å². The van der Waals surface area contributed by atoms with E-state index in [-0.39, 0.29) is 6.79 Å². The van der Waals surface area contributed by atoms with E-state index in [1.807, 2.05) is 44.2 Å². The Morgan fingerprint density at radius 3 is 2.64 bits per heavy atom. The van der Waals surface area contributed by atoms with Crippen molar-refractivity contribution < 1.29 is 14.6 Å². The first-order valence-corrected chi connectivity index (χ1v) is 8.63. The first-order valence-electron chi connectivity index (χ1n) is 8.63. The molecule has 3 rings (SSSR count). The van der Waals surface area contributed by atoms with E-state index in [4.69, 9.17) is 9.47 Å². The summed E-state index contributed by atoms with van der Waals surface area (Å²) < 4.78 is 11.0. The van der Waals surface area contributed by atoms with Crippen LogP contribution in [0.25, 0.3) is 17.7 Å². The van der Waals surface area contributed by atoms with Crippen LogP contribution in [0.15, 0.2) is 30.8 Å². The van der Waals surface area contributed by atoms with E-state index >= 15 is 0 Å². The molecule has 0 spiro atoms. The number of hydrogen-bond donors (Lipinski definition) is 1. The minimum atomic E-state index is 0.265. The average molecular weight is 336 g/mol. The number of allylic oxidation sites excluding steroid dienone is 1. The maximum Gasteiger partial charge on any atom is 0.231 e. The molecule has 0 saturated heterocycles. The van der Waals surface area contributed by atoms with Gasteiger partial charge in [0.2, 0.25) is 6.79 Å². The first-order chi connectivity index (χ1) is 12.0. The second-order valence-electron chi connectivity index (χ2n) is 6.30. The van der Waals surface area contributed by atoms with Crippen LogP contribution in [0, 0.1) is 6.92 Å². The van der Waals surface area contributed by atoms with Crippen LogP contribution >= 0.6 is 0 Å². The van der Waals surface area contributed by atoms with Gasteiger partial charge in [-0.05, 0) is 66.0 Å². The highest BCUT2D eigenvalue weighted by Gasteiger charge is 2.17. The molecule has 0 aliphatic carbocycles.